The zero-order valence-electron chi connectivity index (χ0n) is 13.3. The summed E-state index contributed by atoms with van der Waals surface area (Å²) in [6, 6.07) is 5.77. The van der Waals surface area contributed by atoms with Crippen LogP contribution in [0.1, 0.15) is 45.1 Å². The molecule has 0 aromatic heterocycles. The number of ether oxygens (including phenoxy) is 2. The van der Waals surface area contributed by atoms with E-state index in [1.165, 1.54) is 0 Å². The van der Waals surface area contributed by atoms with Gasteiger partial charge in [-0.05, 0) is 43.9 Å². The van der Waals surface area contributed by atoms with Gasteiger partial charge in [0.25, 0.3) is 0 Å². The van der Waals surface area contributed by atoms with Crippen molar-refractivity contribution in [1.82, 2.24) is 5.32 Å². The minimum atomic E-state index is 0.0202. The molecule has 2 N–H and O–H groups in total. The summed E-state index contributed by atoms with van der Waals surface area (Å²) in [7, 11) is 1.64. The van der Waals surface area contributed by atoms with Crippen molar-refractivity contribution in [2.24, 2.45) is 0 Å². The number of benzene rings is 1. The minimum Gasteiger partial charge on any atom is -0.508 e. The van der Waals surface area contributed by atoms with Crippen LogP contribution >= 0.6 is 0 Å². The van der Waals surface area contributed by atoms with Gasteiger partial charge in [-0.1, -0.05) is 13.8 Å². The fourth-order valence-electron chi connectivity index (χ4n) is 3.03. The maximum Gasteiger partial charge on any atom is 0.120 e. The average molecular weight is 293 g/mol. The fourth-order valence-corrected chi connectivity index (χ4v) is 3.03. The van der Waals surface area contributed by atoms with Gasteiger partial charge in [-0.2, -0.15) is 0 Å². The van der Waals surface area contributed by atoms with Gasteiger partial charge < -0.3 is 19.9 Å². The Balaban J connectivity index is 1.96. The van der Waals surface area contributed by atoms with Crippen LogP contribution in [0.2, 0.25) is 0 Å². The largest absolute Gasteiger partial charge is 0.508 e. The molecule has 4 nitrogen and oxygen atoms in total. The first-order valence-corrected chi connectivity index (χ1v) is 7.85. The van der Waals surface area contributed by atoms with E-state index in [0.29, 0.717) is 18.3 Å². The molecular weight excluding hydrogens is 266 g/mol. The molecule has 2 rings (SSSR count). The van der Waals surface area contributed by atoms with Crippen molar-refractivity contribution in [3.8, 4) is 11.5 Å². The Bertz CT molecular complexity index is 457. The van der Waals surface area contributed by atoms with Gasteiger partial charge in [0.15, 0.2) is 0 Å². The molecule has 0 amide bonds. The first-order valence-electron chi connectivity index (χ1n) is 7.85. The molecule has 0 saturated carbocycles. The molecule has 4 heteroatoms. The van der Waals surface area contributed by atoms with Crippen LogP contribution in [0.5, 0.6) is 11.5 Å². The number of phenols is 1. The van der Waals surface area contributed by atoms with E-state index in [9.17, 15) is 5.11 Å². The van der Waals surface area contributed by atoms with E-state index in [0.717, 1.165) is 43.6 Å². The van der Waals surface area contributed by atoms with Crippen LogP contribution in [0.15, 0.2) is 18.2 Å². The normalized spacial score (nSPS) is 21.2. The molecule has 1 saturated heterocycles. The summed E-state index contributed by atoms with van der Waals surface area (Å²) in [5.41, 5.74) is 0.895. The molecule has 1 fully saturated rings. The first kappa shape index (κ1) is 16.1. The zero-order valence-corrected chi connectivity index (χ0v) is 13.3. The molecule has 0 spiro atoms. The second kappa shape index (κ2) is 7.14. The number of nitrogens with one attached hydrogen (secondary N) is 1. The number of rotatable bonds is 6. The van der Waals surface area contributed by atoms with Crippen LogP contribution in [0.4, 0.5) is 0 Å². The molecule has 118 valence electrons. The smallest absolute Gasteiger partial charge is 0.120 e. The van der Waals surface area contributed by atoms with Gasteiger partial charge in [0.05, 0.1) is 12.7 Å². The summed E-state index contributed by atoms with van der Waals surface area (Å²) in [6.07, 6.45) is 4.15. The van der Waals surface area contributed by atoms with Crippen molar-refractivity contribution >= 4 is 0 Å². The number of hydrogen-bond donors (Lipinski definition) is 2. The summed E-state index contributed by atoms with van der Waals surface area (Å²) in [5.74, 6) is 1.08. The summed E-state index contributed by atoms with van der Waals surface area (Å²) in [6.45, 7) is 5.85. The number of phenolic OH excluding ortho intramolecular Hbond substituents is 1. The van der Waals surface area contributed by atoms with Gasteiger partial charge in [-0.3, -0.25) is 0 Å². The van der Waals surface area contributed by atoms with Crippen molar-refractivity contribution in [2.75, 3.05) is 13.7 Å². The molecule has 0 aliphatic carbocycles. The Labute approximate surface area is 127 Å². The molecule has 1 aromatic rings. The summed E-state index contributed by atoms with van der Waals surface area (Å²) in [4.78, 5) is 0. The summed E-state index contributed by atoms with van der Waals surface area (Å²) < 4.78 is 11.2. The van der Waals surface area contributed by atoms with Gasteiger partial charge >= 0.3 is 0 Å². The maximum atomic E-state index is 9.93. The second-order valence-corrected chi connectivity index (χ2v) is 5.80. The Hall–Kier alpha value is -1.26. The lowest BCUT2D eigenvalue weighted by molar-refractivity contribution is -0.0932. The van der Waals surface area contributed by atoms with Gasteiger partial charge in [-0.25, -0.2) is 0 Å². The van der Waals surface area contributed by atoms with E-state index in [1.54, 1.807) is 19.2 Å². The third kappa shape index (κ3) is 3.89. The van der Waals surface area contributed by atoms with E-state index in [4.69, 9.17) is 9.47 Å². The highest BCUT2D eigenvalue weighted by Gasteiger charge is 2.34. The van der Waals surface area contributed by atoms with Crippen LogP contribution in [0.25, 0.3) is 0 Å². The first-order chi connectivity index (χ1) is 10.1. The SMILES string of the molecule is CCC1(CC)CC(NCc2cc(OC)ccc2O)CCO1. The van der Waals surface area contributed by atoms with Crippen molar-refractivity contribution in [2.45, 2.75) is 57.7 Å². The molecule has 1 heterocycles. The highest BCUT2D eigenvalue weighted by atomic mass is 16.5. The van der Waals surface area contributed by atoms with Gasteiger partial charge in [-0.15, -0.1) is 0 Å². The van der Waals surface area contributed by atoms with E-state index >= 15 is 0 Å². The van der Waals surface area contributed by atoms with Crippen LogP contribution in [0.3, 0.4) is 0 Å². The van der Waals surface area contributed by atoms with Crippen molar-refractivity contribution in [1.29, 1.82) is 0 Å². The average Bonchev–Trinajstić information content (AvgIpc) is 2.54. The molecular formula is C17H27NO3. The number of hydrogen-bond acceptors (Lipinski definition) is 4. The molecule has 1 aliphatic rings. The fraction of sp³-hybridized carbons (Fsp3) is 0.647. The Kier molecular flexibility index (Phi) is 5.48. The molecule has 0 bridgehead atoms. The zero-order chi connectivity index (χ0) is 15.3. The van der Waals surface area contributed by atoms with E-state index < -0.39 is 0 Å². The predicted octanol–water partition coefficient (Wildman–Crippen LogP) is 3.23. The van der Waals surface area contributed by atoms with Gasteiger partial charge in [0.1, 0.15) is 11.5 Å². The summed E-state index contributed by atoms with van der Waals surface area (Å²) >= 11 is 0. The predicted molar refractivity (Wildman–Crippen MR) is 83.8 cm³/mol. The lowest BCUT2D eigenvalue weighted by Gasteiger charge is -2.40. The van der Waals surface area contributed by atoms with E-state index in [2.05, 4.69) is 19.2 Å². The highest BCUT2D eigenvalue weighted by Crippen LogP contribution is 2.32. The molecule has 1 aromatic carbocycles. The van der Waals surface area contributed by atoms with Gasteiger partial charge in [0, 0.05) is 24.8 Å². The minimum absolute atomic E-state index is 0.0202. The van der Waals surface area contributed by atoms with Crippen LogP contribution in [-0.2, 0) is 11.3 Å². The molecule has 1 aliphatic heterocycles. The Morgan fingerprint density at radius 2 is 2.14 bits per heavy atom. The van der Waals surface area contributed by atoms with Crippen molar-refractivity contribution in [3.63, 3.8) is 0 Å². The van der Waals surface area contributed by atoms with Crippen molar-refractivity contribution < 1.29 is 14.6 Å². The standard InChI is InChI=1S/C17H27NO3/c1-4-17(5-2)11-14(8-9-21-17)18-12-13-10-15(20-3)6-7-16(13)19/h6-7,10,14,18-19H,4-5,8-9,11-12H2,1-3H3. The highest BCUT2D eigenvalue weighted by molar-refractivity contribution is 5.39. The van der Waals surface area contributed by atoms with E-state index in [-0.39, 0.29) is 5.60 Å². The van der Waals surface area contributed by atoms with Crippen LogP contribution < -0.4 is 10.1 Å². The number of methoxy groups -OCH3 is 1. The van der Waals surface area contributed by atoms with Crippen LogP contribution in [0, 0.1) is 0 Å². The third-order valence-electron chi connectivity index (χ3n) is 4.65. The monoisotopic (exact) mass is 293 g/mol. The lowest BCUT2D eigenvalue weighted by atomic mass is 9.86. The second-order valence-electron chi connectivity index (χ2n) is 5.80. The van der Waals surface area contributed by atoms with Crippen LogP contribution in [-0.4, -0.2) is 30.5 Å². The number of aromatic hydroxyl groups is 1. The lowest BCUT2D eigenvalue weighted by Crippen LogP contribution is -2.46. The molecule has 0 radical (unpaired) electrons. The maximum absolute atomic E-state index is 9.93. The molecule has 1 atom stereocenters. The topological polar surface area (TPSA) is 50.7 Å². The Morgan fingerprint density at radius 3 is 2.81 bits per heavy atom. The molecule has 21 heavy (non-hydrogen) atoms. The quantitative estimate of drug-likeness (QED) is 0.845. The molecule has 1 unspecified atom stereocenters. The van der Waals surface area contributed by atoms with E-state index in [1.807, 2.05) is 6.07 Å². The van der Waals surface area contributed by atoms with Crippen molar-refractivity contribution in [3.05, 3.63) is 23.8 Å². The third-order valence-corrected chi connectivity index (χ3v) is 4.65. The van der Waals surface area contributed by atoms with Gasteiger partial charge in [0.2, 0.25) is 0 Å². The summed E-state index contributed by atoms with van der Waals surface area (Å²) in [5, 5.41) is 13.5. The Morgan fingerprint density at radius 1 is 1.38 bits per heavy atom.